The fourth-order valence-corrected chi connectivity index (χ4v) is 3.43. The predicted molar refractivity (Wildman–Crippen MR) is 88.4 cm³/mol. The number of rotatable bonds is 3. The zero-order valence-corrected chi connectivity index (χ0v) is 13.6. The Kier molecular flexibility index (Phi) is 4.23. The second kappa shape index (κ2) is 6.17. The van der Waals surface area contributed by atoms with Crippen molar-refractivity contribution in [3.63, 3.8) is 0 Å². The van der Waals surface area contributed by atoms with Crippen LogP contribution in [0.15, 0.2) is 52.6 Å². The molecule has 0 saturated heterocycles. The number of halogens is 1. The number of hydrogen-bond acceptors (Lipinski definition) is 4. The molecule has 0 fully saturated rings. The third kappa shape index (κ3) is 3.62. The van der Waals surface area contributed by atoms with Crippen molar-refractivity contribution in [1.29, 1.82) is 0 Å². The summed E-state index contributed by atoms with van der Waals surface area (Å²) in [7, 11) is -3.39. The molecule has 0 bridgehead atoms. The first kappa shape index (κ1) is 15.8. The lowest BCUT2D eigenvalue weighted by atomic mass is 10.1. The number of amidine groups is 1. The number of amides is 1. The van der Waals surface area contributed by atoms with Gasteiger partial charge in [0.2, 0.25) is 0 Å². The minimum Gasteiger partial charge on any atom is -0.348 e. The van der Waals surface area contributed by atoms with E-state index in [0.717, 1.165) is 5.56 Å². The highest BCUT2D eigenvalue weighted by atomic mass is 35.5. The predicted octanol–water partition coefficient (Wildman–Crippen LogP) is 1.45. The maximum absolute atomic E-state index is 12.2. The van der Waals surface area contributed by atoms with Crippen LogP contribution in [0, 0.1) is 0 Å². The third-order valence-corrected chi connectivity index (χ3v) is 5.02. The van der Waals surface area contributed by atoms with Crippen LogP contribution in [-0.2, 0) is 21.4 Å². The van der Waals surface area contributed by atoms with Crippen molar-refractivity contribution in [2.24, 2.45) is 4.40 Å². The van der Waals surface area contributed by atoms with Gasteiger partial charge in [-0.15, -0.1) is 4.40 Å². The van der Waals surface area contributed by atoms with Gasteiger partial charge < -0.3 is 10.2 Å². The van der Waals surface area contributed by atoms with Crippen molar-refractivity contribution >= 4 is 33.4 Å². The summed E-state index contributed by atoms with van der Waals surface area (Å²) in [5, 5.41) is 3.39. The van der Waals surface area contributed by atoms with Crippen LogP contribution in [-0.4, -0.2) is 37.4 Å². The van der Waals surface area contributed by atoms with Crippen LogP contribution in [0.5, 0.6) is 0 Å². The lowest BCUT2D eigenvalue weighted by Crippen LogP contribution is -2.38. The SMILES string of the molecule is O=C(NCc1ccccc1Cl)C1=CN2CCS(=O)(=O)N=C2C=C1. The van der Waals surface area contributed by atoms with Crippen LogP contribution in [0.25, 0.3) is 0 Å². The normalized spacial score (nSPS) is 18.7. The molecule has 0 aromatic heterocycles. The molecular formula is C15H14ClN3O3S. The summed E-state index contributed by atoms with van der Waals surface area (Å²) >= 11 is 6.05. The number of hydrogen-bond donors (Lipinski definition) is 1. The lowest BCUT2D eigenvalue weighted by Gasteiger charge is -2.26. The Morgan fingerprint density at radius 2 is 2.09 bits per heavy atom. The van der Waals surface area contributed by atoms with Crippen LogP contribution in [0.4, 0.5) is 0 Å². The van der Waals surface area contributed by atoms with Gasteiger partial charge in [-0.25, -0.2) is 8.42 Å². The molecule has 120 valence electrons. The average Bonchev–Trinajstić information content (AvgIpc) is 2.52. The largest absolute Gasteiger partial charge is 0.348 e. The first-order chi connectivity index (χ1) is 10.9. The molecule has 0 atom stereocenters. The Morgan fingerprint density at radius 3 is 2.87 bits per heavy atom. The zero-order chi connectivity index (χ0) is 16.4. The highest BCUT2D eigenvalue weighted by Crippen LogP contribution is 2.17. The molecule has 23 heavy (non-hydrogen) atoms. The summed E-state index contributed by atoms with van der Waals surface area (Å²) in [6, 6.07) is 7.28. The topological polar surface area (TPSA) is 78.8 Å². The highest BCUT2D eigenvalue weighted by Gasteiger charge is 2.24. The summed E-state index contributed by atoms with van der Waals surface area (Å²) in [4.78, 5) is 13.9. The second-order valence-corrected chi connectivity index (χ2v) is 7.28. The van der Waals surface area contributed by atoms with E-state index in [2.05, 4.69) is 9.71 Å². The third-order valence-electron chi connectivity index (χ3n) is 3.48. The summed E-state index contributed by atoms with van der Waals surface area (Å²) in [5.74, 6) is 0.0163. The van der Waals surface area contributed by atoms with E-state index in [9.17, 15) is 13.2 Å². The van der Waals surface area contributed by atoms with Gasteiger partial charge >= 0.3 is 0 Å². The number of fused-ring (bicyclic) bond motifs is 1. The van der Waals surface area contributed by atoms with E-state index in [1.165, 1.54) is 6.08 Å². The standard InChI is InChI=1S/C15H14ClN3O3S/c16-13-4-2-1-3-11(13)9-17-15(20)12-5-6-14-18-23(21,22)8-7-19(14)10-12/h1-6,10H,7-9H2,(H,17,20). The summed E-state index contributed by atoms with van der Waals surface area (Å²) in [5.41, 5.74) is 1.27. The summed E-state index contributed by atoms with van der Waals surface area (Å²) in [6.45, 7) is 0.603. The zero-order valence-electron chi connectivity index (χ0n) is 12.1. The number of nitrogens with zero attached hydrogens (tertiary/aromatic N) is 2. The quantitative estimate of drug-likeness (QED) is 0.894. The molecule has 1 N–H and O–H groups in total. The number of carbonyl (C=O) groups excluding carboxylic acids is 1. The molecule has 3 rings (SSSR count). The number of benzene rings is 1. The molecule has 1 aromatic rings. The summed E-state index contributed by atoms with van der Waals surface area (Å²) < 4.78 is 26.6. The minimum atomic E-state index is -3.39. The van der Waals surface area contributed by atoms with Crippen LogP contribution in [0.2, 0.25) is 5.02 Å². The van der Waals surface area contributed by atoms with Gasteiger partial charge in [-0.3, -0.25) is 4.79 Å². The van der Waals surface area contributed by atoms with Crippen LogP contribution >= 0.6 is 11.6 Å². The van der Waals surface area contributed by atoms with Gasteiger partial charge in [0, 0.05) is 24.3 Å². The molecule has 2 aliphatic rings. The lowest BCUT2D eigenvalue weighted by molar-refractivity contribution is -0.117. The van der Waals surface area contributed by atoms with E-state index < -0.39 is 10.0 Å². The summed E-state index contributed by atoms with van der Waals surface area (Å²) in [6.07, 6.45) is 4.69. The van der Waals surface area contributed by atoms with Crippen LogP contribution < -0.4 is 5.32 Å². The maximum atomic E-state index is 12.2. The van der Waals surface area contributed by atoms with Crippen LogP contribution in [0.3, 0.4) is 0 Å². The molecule has 2 heterocycles. The molecule has 0 unspecified atom stereocenters. The van der Waals surface area contributed by atoms with Crippen molar-refractivity contribution in [2.45, 2.75) is 6.54 Å². The Bertz CT molecular complexity index is 843. The first-order valence-corrected chi connectivity index (χ1v) is 8.94. The van der Waals surface area contributed by atoms with Crippen molar-refractivity contribution in [2.75, 3.05) is 12.3 Å². The number of sulfonamides is 1. The molecular weight excluding hydrogens is 338 g/mol. The monoisotopic (exact) mass is 351 g/mol. The molecule has 6 nitrogen and oxygen atoms in total. The molecule has 0 aliphatic carbocycles. The van der Waals surface area contributed by atoms with E-state index in [1.54, 1.807) is 23.2 Å². The minimum absolute atomic E-state index is 0.0602. The molecule has 2 aliphatic heterocycles. The van der Waals surface area contributed by atoms with E-state index in [4.69, 9.17) is 11.6 Å². The number of nitrogens with one attached hydrogen (secondary N) is 1. The van der Waals surface area contributed by atoms with Crippen molar-refractivity contribution in [1.82, 2.24) is 10.2 Å². The fourth-order valence-electron chi connectivity index (χ4n) is 2.25. The van der Waals surface area contributed by atoms with Crippen LogP contribution in [0.1, 0.15) is 5.56 Å². The second-order valence-electron chi connectivity index (χ2n) is 5.12. The van der Waals surface area contributed by atoms with Gasteiger partial charge in [0.1, 0.15) is 5.84 Å². The fraction of sp³-hybridized carbons (Fsp3) is 0.200. The van der Waals surface area contributed by atoms with Crippen molar-refractivity contribution in [3.8, 4) is 0 Å². The van der Waals surface area contributed by atoms with E-state index in [1.807, 2.05) is 18.2 Å². The number of carbonyl (C=O) groups is 1. The average molecular weight is 352 g/mol. The first-order valence-electron chi connectivity index (χ1n) is 6.95. The van der Waals surface area contributed by atoms with Gasteiger partial charge in [0.15, 0.2) is 0 Å². The van der Waals surface area contributed by atoms with Gasteiger partial charge in [-0.2, -0.15) is 0 Å². The van der Waals surface area contributed by atoms with Gasteiger partial charge in [-0.05, 0) is 23.8 Å². The molecule has 1 aromatic carbocycles. The smallest absolute Gasteiger partial charge is 0.256 e. The van der Waals surface area contributed by atoms with E-state index >= 15 is 0 Å². The Morgan fingerprint density at radius 1 is 1.30 bits per heavy atom. The van der Waals surface area contributed by atoms with Gasteiger partial charge in [0.25, 0.3) is 15.9 Å². The van der Waals surface area contributed by atoms with E-state index in [-0.39, 0.29) is 18.2 Å². The molecule has 0 radical (unpaired) electrons. The molecule has 0 saturated carbocycles. The molecule has 1 amide bonds. The Labute approximate surface area is 139 Å². The molecule has 8 heteroatoms. The van der Waals surface area contributed by atoms with Gasteiger partial charge in [0.05, 0.1) is 11.3 Å². The Balaban J connectivity index is 1.69. The van der Waals surface area contributed by atoms with E-state index in [0.29, 0.717) is 23.0 Å². The molecule has 0 spiro atoms. The Hall–Kier alpha value is -2.12. The highest BCUT2D eigenvalue weighted by molar-refractivity contribution is 7.90. The maximum Gasteiger partial charge on any atom is 0.256 e. The van der Waals surface area contributed by atoms with Gasteiger partial charge in [-0.1, -0.05) is 29.8 Å². The van der Waals surface area contributed by atoms with Crippen molar-refractivity contribution in [3.05, 3.63) is 58.8 Å². The van der Waals surface area contributed by atoms with Crippen molar-refractivity contribution < 1.29 is 13.2 Å².